The smallest absolute Gasteiger partial charge is 0.137 e. The van der Waals surface area contributed by atoms with Gasteiger partial charge in [-0.05, 0) is 30.7 Å². The van der Waals surface area contributed by atoms with Crippen LogP contribution in [0.1, 0.15) is 19.3 Å². The van der Waals surface area contributed by atoms with Crippen molar-refractivity contribution < 1.29 is 14.7 Å². The van der Waals surface area contributed by atoms with Crippen molar-refractivity contribution in [2.45, 2.75) is 25.4 Å². The number of ether oxygens (including phenoxy) is 1. The second-order valence-electron chi connectivity index (χ2n) is 5.96. The fourth-order valence-electron chi connectivity index (χ4n) is 3.16. The number of hydrogen-bond acceptors (Lipinski definition) is 2. The third-order valence-corrected chi connectivity index (χ3v) is 4.27. The molecule has 1 aliphatic heterocycles. The van der Waals surface area contributed by atoms with E-state index in [2.05, 4.69) is 18.2 Å². The van der Waals surface area contributed by atoms with Gasteiger partial charge in [-0.1, -0.05) is 36.4 Å². The van der Waals surface area contributed by atoms with E-state index >= 15 is 0 Å². The van der Waals surface area contributed by atoms with Gasteiger partial charge in [-0.3, -0.25) is 0 Å². The van der Waals surface area contributed by atoms with Gasteiger partial charge in [-0.2, -0.15) is 0 Å². The lowest BCUT2D eigenvalue weighted by Gasteiger charge is -2.25. The van der Waals surface area contributed by atoms with Crippen molar-refractivity contribution >= 4 is 10.8 Å². The maximum Gasteiger partial charge on any atom is 0.137 e. The summed E-state index contributed by atoms with van der Waals surface area (Å²) in [6.45, 7) is 3.54. The van der Waals surface area contributed by atoms with Gasteiger partial charge in [-0.15, -0.1) is 0 Å². The van der Waals surface area contributed by atoms with Crippen LogP contribution in [0, 0.1) is 0 Å². The summed E-state index contributed by atoms with van der Waals surface area (Å²) in [6, 6.07) is 14.2. The molecule has 3 rings (SSSR count). The third-order valence-electron chi connectivity index (χ3n) is 4.27. The Kier molecular flexibility index (Phi) is 4.73. The zero-order valence-electron chi connectivity index (χ0n) is 12.4. The van der Waals surface area contributed by atoms with Crippen LogP contribution in [-0.4, -0.2) is 37.5 Å². The van der Waals surface area contributed by atoms with E-state index in [-0.39, 0.29) is 0 Å². The highest BCUT2D eigenvalue weighted by molar-refractivity contribution is 5.88. The van der Waals surface area contributed by atoms with E-state index in [9.17, 15) is 5.11 Å². The standard InChI is InChI=1S/C18H23NO2/c20-16(13-19-11-4-1-5-12-19)14-21-18-10-6-8-15-7-2-3-9-17(15)18/h2-3,6-10,16,20H,1,4-5,11-14H2/p+1/t16-/m1/s1. The third kappa shape index (κ3) is 3.74. The minimum atomic E-state index is -0.392. The van der Waals surface area contributed by atoms with Crippen LogP contribution >= 0.6 is 0 Å². The number of quaternary nitrogens is 1. The van der Waals surface area contributed by atoms with E-state index in [1.54, 1.807) is 0 Å². The molecule has 1 fully saturated rings. The van der Waals surface area contributed by atoms with E-state index in [0.29, 0.717) is 6.61 Å². The SMILES string of the molecule is O[C@@H](COc1cccc2ccccc12)C[NH+]1CCCCC1. The van der Waals surface area contributed by atoms with Gasteiger partial charge < -0.3 is 14.7 Å². The Bertz CT molecular complexity index is 573. The van der Waals surface area contributed by atoms with Crippen molar-refractivity contribution in [3.8, 4) is 5.75 Å². The molecule has 1 atom stereocenters. The lowest BCUT2D eigenvalue weighted by atomic mass is 10.1. The summed E-state index contributed by atoms with van der Waals surface area (Å²) in [4.78, 5) is 1.51. The first-order valence-electron chi connectivity index (χ1n) is 7.95. The second kappa shape index (κ2) is 6.92. The maximum absolute atomic E-state index is 10.2. The second-order valence-corrected chi connectivity index (χ2v) is 5.96. The van der Waals surface area contributed by atoms with Crippen LogP contribution in [-0.2, 0) is 0 Å². The van der Waals surface area contributed by atoms with Gasteiger partial charge in [0.1, 0.15) is 25.0 Å². The topological polar surface area (TPSA) is 33.9 Å². The lowest BCUT2D eigenvalue weighted by molar-refractivity contribution is -0.908. The summed E-state index contributed by atoms with van der Waals surface area (Å²) in [5.41, 5.74) is 0. The largest absolute Gasteiger partial charge is 0.490 e. The van der Waals surface area contributed by atoms with Gasteiger partial charge in [-0.25, -0.2) is 0 Å². The molecule has 0 radical (unpaired) electrons. The molecule has 0 aromatic heterocycles. The zero-order valence-corrected chi connectivity index (χ0v) is 12.4. The highest BCUT2D eigenvalue weighted by Gasteiger charge is 2.18. The summed E-state index contributed by atoms with van der Waals surface area (Å²) in [6.07, 6.45) is 3.52. The number of piperidine rings is 1. The van der Waals surface area contributed by atoms with Crippen LogP contribution in [0.3, 0.4) is 0 Å². The molecular weight excluding hydrogens is 262 g/mol. The zero-order chi connectivity index (χ0) is 14.5. The van der Waals surface area contributed by atoms with Gasteiger partial charge in [0.25, 0.3) is 0 Å². The maximum atomic E-state index is 10.2. The molecule has 0 saturated carbocycles. The molecule has 0 amide bonds. The summed E-state index contributed by atoms with van der Waals surface area (Å²) < 4.78 is 5.86. The minimum absolute atomic E-state index is 0.373. The van der Waals surface area contributed by atoms with Gasteiger partial charge in [0.05, 0.1) is 13.1 Å². The van der Waals surface area contributed by atoms with Crippen molar-refractivity contribution in [3.63, 3.8) is 0 Å². The number of nitrogens with one attached hydrogen (secondary N) is 1. The van der Waals surface area contributed by atoms with Crippen LogP contribution < -0.4 is 9.64 Å². The van der Waals surface area contributed by atoms with Crippen molar-refractivity contribution in [2.24, 2.45) is 0 Å². The quantitative estimate of drug-likeness (QED) is 0.876. The van der Waals surface area contributed by atoms with Crippen molar-refractivity contribution in [2.75, 3.05) is 26.2 Å². The Labute approximate surface area is 126 Å². The average molecular weight is 286 g/mol. The molecule has 3 nitrogen and oxygen atoms in total. The molecule has 0 aliphatic carbocycles. The van der Waals surface area contributed by atoms with E-state index < -0.39 is 6.10 Å². The predicted molar refractivity (Wildman–Crippen MR) is 84.9 cm³/mol. The first kappa shape index (κ1) is 14.4. The highest BCUT2D eigenvalue weighted by atomic mass is 16.5. The van der Waals surface area contributed by atoms with Crippen LogP contribution in [0.15, 0.2) is 42.5 Å². The molecule has 1 saturated heterocycles. The summed E-state index contributed by atoms with van der Waals surface area (Å²) >= 11 is 0. The molecule has 1 heterocycles. The van der Waals surface area contributed by atoms with E-state index in [1.807, 2.05) is 24.3 Å². The van der Waals surface area contributed by atoms with Crippen molar-refractivity contribution in [1.29, 1.82) is 0 Å². The van der Waals surface area contributed by atoms with Crippen molar-refractivity contribution in [1.82, 2.24) is 0 Å². The summed E-state index contributed by atoms with van der Waals surface area (Å²) in [7, 11) is 0. The number of benzene rings is 2. The Hall–Kier alpha value is -1.58. The average Bonchev–Trinajstić information content (AvgIpc) is 2.54. The Morgan fingerprint density at radius 2 is 1.76 bits per heavy atom. The van der Waals surface area contributed by atoms with Gasteiger partial charge >= 0.3 is 0 Å². The fourth-order valence-corrected chi connectivity index (χ4v) is 3.16. The van der Waals surface area contributed by atoms with Gasteiger partial charge in [0, 0.05) is 5.39 Å². The summed E-state index contributed by atoms with van der Waals surface area (Å²) in [5, 5.41) is 12.5. The number of fused-ring (bicyclic) bond motifs is 1. The van der Waals surface area contributed by atoms with Gasteiger partial charge in [0.15, 0.2) is 0 Å². The van der Waals surface area contributed by atoms with Crippen LogP contribution in [0.5, 0.6) is 5.75 Å². The van der Waals surface area contributed by atoms with Gasteiger partial charge in [0.2, 0.25) is 0 Å². The molecule has 1 aliphatic rings. The fraction of sp³-hybridized carbons (Fsp3) is 0.444. The highest BCUT2D eigenvalue weighted by Crippen LogP contribution is 2.25. The lowest BCUT2D eigenvalue weighted by Crippen LogP contribution is -3.14. The minimum Gasteiger partial charge on any atom is -0.490 e. The molecule has 0 spiro atoms. The molecule has 3 heteroatoms. The van der Waals surface area contributed by atoms with E-state index in [1.165, 1.54) is 42.6 Å². The van der Waals surface area contributed by atoms with Crippen LogP contribution in [0.2, 0.25) is 0 Å². The van der Waals surface area contributed by atoms with Crippen LogP contribution in [0.4, 0.5) is 0 Å². The number of aliphatic hydroxyl groups excluding tert-OH is 1. The summed E-state index contributed by atoms with van der Waals surface area (Å²) in [5.74, 6) is 0.862. The normalized spacial score (nSPS) is 17.8. The molecule has 112 valence electrons. The first-order chi connectivity index (χ1) is 10.3. The number of rotatable bonds is 5. The predicted octanol–water partition coefficient (Wildman–Crippen LogP) is 1.65. The molecule has 0 bridgehead atoms. The number of hydrogen-bond donors (Lipinski definition) is 2. The number of likely N-dealkylation sites (tertiary alicyclic amines) is 1. The Morgan fingerprint density at radius 3 is 2.62 bits per heavy atom. The first-order valence-corrected chi connectivity index (χ1v) is 7.95. The molecule has 0 unspecified atom stereocenters. The molecule has 2 N–H and O–H groups in total. The number of aliphatic hydroxyl groups is 1. The van der Waals surface area contributed by atoms with E-state index in [4.69, 9.17) is 4.74 Å². The van der Waals surface area contributed by atoms with E-state index in [0.717, 1.165) is 17.7 Å². The monoisotopic (exact) mass is 286 g/mol. The molecular formula is C18H24NO2+. The Balaban J connectivity index is 1.58. The van der Waals surface area contributed by atoms with Crippen LogP contribution in [0.25, 0.3) is 10.8 Å². The molecule has 21 heavy (non-hydrogen) atoms. The van der Waals surface area contributed by atoms with Crippen molar-refractivity contribution in [3.05, 3.63) is 42.5 Å². The Morgan fingerprint density at radius 1 is 1.00 bits per heavy atom. The molecule has 2 aromatic carbocycles. The molecule has 2 aromatic rings.